The second kappa shape index (κ2) is 5.09. The number of rotatable bonds is 5. The maximum absolute atomic E-state index is 10.4. The van der Waals surface area contributed by atoms with Crippen molar-refractivity contribution in [2.45, 2.75) is 19.3 Å². The van der Waals surface area contributed by atoms with Crippen molar-refractivity contribution in [1.82, 2.24) is 4.98 Å². The Morgan fingerprint density at radius 3 is 3.08 bits per heavy atom. The van der Waals surface area contributed by atoms with E-state index in [-0.39, 0.29) is 0 Å². The van der Waals surface area contributed by atoms with Gasteiger partial charge in [-0.1, -0.05) is 6.92 Å². The quantitative estimate of drug-likeness (QED) is 0.682. The van der Waals surface area contributed by atoms with Gasteiger partial charge in [0, 0.05) is 25.0 Å². The molecule has 4 heteroatoms. The Kier molecular flexibility index (Phi) is 4.05. The molecule has 0 bridgehead atoms. The van der Waals surface area contributed by atoms with E-state index in [4.69, 9.17) is 4.74 Å². The summed E-state index contributed by atoms with van der Waals surface area (Å²) >= 11 is 1.53. The van der Waals surface area contributed by atoms with Gasteiger partial charge in [0.2, 0.25) is 0 Å². The summed E-state index contributed by atoms with van der Waals surface area (Å²) in [4.78, 5) is 14.6. The minimum atomic E-state index is 0.374. The normalized spacial score (nSPS) is 12.8. The van der Waals surface area contributed by atoms with E-state index in [0.29, 0.717) is 11.6 Å². The van der Waals surface area contributed by atoms with Gasteiger partial charge in [0.05, 0.1) is 5.01 Å². The molecule has 0 aromatic carbocycles. The third-order valence-electron chi connectivity index (χ3n) is 1.84. The average molecular weight is 199 g/mol. The monoisotopic (exact) mass is 199 g/mol. The predicted molar refractivity (Wildman–Crippen MR) is 52.4 cm³/mol. The molecule has 0 radical (unpaired) electrons. The first-order chi connectivity index (χ1) is 6.27. The minimum absolute atomic E-state index is 0.374. The number of aldehydes is 1. The lowest BCUT2D eigenvalue weighted by Crippen LogP contribution is -1.98. The van der Waals surface area contributed by atoms with Crippen LogP contribution in [0.4, 0.5) is 0 Å². The highest BCUT2D eigenvalue weighted by molar-refractivity contribution is 7.09. The van der Waals surface area contributed by atoms with Gasteiger partial charge in [-0.15, -0.1) is 11.3 Å². The van der Waals surface area contributed by atoms with Gasteiger partial charge < -0.3 is 4.74 Å². The van der Waals surface area contributed by atoms with E-state index in [0.717, 1.165) is 24.3 Å². The molecule has 0 aliphatic carbocycles. The van der Waals surface area contributed by atoms with Crippen molar-refractivity contribution in [3.05, 3.63) is 16.1 Å². The number of methoxy groups -OCH3 is 1. The Labute approximate surface area is 81.8 Å². The third kappa shape index (κ3) is 2.90. The van der Waals surface area contributed by atoms with Crippen LogP contribution in [-0.4, -0.2) is 25.0 Å². The molecule has 72 valence electrons. The molecule has 0 spiro atoms. The fraction of sp³-hybridized carbons (Fsp3) is 0.556. The fourth-order valence-electron chi connectivity index (χ4n) is 0.999. The van der Waals surface area contributed by atoms with Crippen molar-refractivity contribution < 1.29 is 9.53 Å². The number of nitrogens with zero attached hydrogens (tertiary/aromatic N) is 1. The van der Waals surface area contributed by atoms with Crippen molar-refractivity contribution in [1.29, 1.82) is 0 Å². The molecule has 0 aliphatic heterocycles. The van der Waals surface area contributed by atoms with Crippen molar-refractivity contribution in [3.63, 3.8) is 0 Å². The zero-order chi connectivity index (χ0) is 9.68. The van der Waals surface area contributed by atoms with Crippen LogP contribution < -0.4 is 0 Å². The summed E-state index contributed by atoms with van der Waals surface area (Å²) in [5.41, 5.74) is 0.532. The lowest BCUT2D eigenvalue weighted by atomic mass is 10.1. The smallest absolute Gasteiger partial charge is 0.169 e. The van der Waals surface area contributed by atoms with Gasteiger partial charge in [-0.2, -0.15) is 0 Å². The third-order valence-corrected chi connectivity index (χ3v) is 2.93. The van der Waals surface area contributed by atoms with Gasteiger partial charge in [-0.25, -0.2) is 4.98 Å². The van der Waals surface area contributed by atoms with Gasteiger partial charge in [-0.3, -0.25) is 4.79 Å². The lowest BCUT2D eigenvalue weighted by Gasteiger charge is -2.05. The molecule has 1 aromatic heterocycles. The van der Waals surface area contributed by atoms with Crippen molar-refractivity contribution in [2.24, 2.45) is 0 Å². The average Bonchev–Trinajstić information content (AvgIpc) is 2.62. The molecule has 0 amide bonds. The molecule has 0 saturated heterocycles. The maximum Gasteiger partial charge on any atom is 0.169 e. The highest BCUT2D eigenvalue weighted by Gasteiger charge is 2.09. The highest BCUT2D eigenvalue weighted by Crippen LogP contribution is 2.22. The van der Waals surface area contributed by atoms with Crippen LogP contribution in [0.25, 0.3) is 0 Å². The van der Waals surface area contributed by atoms with Crippen molar-refractivity contribution in [3.8, 4) is 0 Å². The molecule has 1 heterocycles. The summed E-state index contributed by atoms with van der Waals surface area (Å²) in [6.45, 7) is 2.82. The SMILES string of the molecule is COCCC(C)c1nc(C=O)cs1. The molecule has 3 nitrogen and oxygen atoms in total. The molecule has 1 aromatic rings. The number of thiazole rings is 1. The second-order valence-electron chi connectivity index (χ2n) is 2.91. The minimum Gasteiger partial charge on any atom is -0.385 e. The van der Waals surface area contributed by atoms with E-state index in [9.17, 15) is 4.79 Å². The number of carbonyl (C=O) groups is 1. The Morgan fingerprint density at radius 1 is 1.77 bits per heavy atom. The number of aromatic nitrogens is 1. The highest BCUT2D eigenvalue weighted by atomic mass is 32.1. The Hall–Kier alpha value is -0.740. The van der Waals surface area contributed by atoms with Crippen molar-refractivity contribution >= 4 is 17.6 Å². The van der Waals surface area contributed by atoms with Gasteiger partial charge in [-0.05, 0) is 6.42 Å². The van der Waals surface area contributed by atoms with Crippen LogP contribution in [0.5, 0.6) is 0 Å². The van der Waals surface area contributed by atoms with Crippen LogP contribution in [0, 0.1) is 0 Å². The number of hydrogen-bond acceptors (Lipinski definition) is 4. The van der Waals surface area contributed by atoms with E-state index in [2.05, 4.69) is 11.9 Å². The molecule has 1 atom stereocenters. The summed E-state index contributed by atoms with van der Waals surface area (Å²) in [5, 5.41) is 2.80. The number of carbonyl (C=O) groups excluding carboxylic acids is 1. The maximum atomic E-state index is 10.4. The van der Waals surface area contributed by atoms with E-state index >= 15 is 0 Å². The van der Waals surface area contributed by atoms with Gasteiger partial charge in [0.25, 0.3) is 0 Å². The molecule has 1 rings (SSSR count). The van der Waals surface area contributed by atoms with Gasteiger partial charge in [0.1, 0.15) is 5.69 Å². The first-order valence-electron chi connectivity index (χ1n) is 4.17. The van der Waals surface area contributed by atoms with Crippen LogP contribution >= 0.6 is 11.3 Å². The molecule has 0 saturated carbocycles. The molecule has 1 unspecified atom stereocenters. The fourth-order valence-corrected chi connectivity index (χ4v) is 1.86. The first kappa shape index (κ1) is 10.3. The Balaban J connectivity index is 2.54. The van der Waals surface area contributed by atoms with E-state index in [1.807, 2.05) is 0 Å². The van der Waals surface area contributed by atoms with Crippen LogP contribution in [-0.2, 0) is 4.74 Å². The molecule has 0 N–H and O–H groups in total. The summed E-state index contributed by atoms with van der Waals surface area (Å²) in [5.74, 6) is 0.374. The molecular formula is C9H13NO2S. The van der Waals surface area contributed by atoms with Crippen LogP contribution in [0.1, 0.15) is 34.8 Å². The van der Waals surface area contributed by atoms with E-state index in [1.165, 1.54) is 11.3 Å². The van der Waals surface area contributed by atoms with Crippen LogP contribution in [0.3, 0.4) is 0 Å². The van der Waals surface area contributed by atoms with Gasteiger partial charge in [0.15, 0.2) is 6.29 Å². The Morgan fingerprint density at radius 2 is 2.54 bits per heavy atom. The first-order valence-corrected chi connectivity index (χ1v) is 5.05. The van der Waals surface area contributed by atoms with E-state index < -0.39 is 0 Å². The summed E-state index contributed by atoms with van der Waals surface area (Å²) in [7, 11) is 1.69. The summed E-state index contributed by atoms with van der Waals surface area (Å²) < 4.78 is 4.97. The lowest BCUT2D eigenvalue weighted by molar-refractivity contribution is 0.111. The summed E-state index contributed by atoms with van der Waals surface area (Å²) in [6, 6.07) is 0. The zero-order valence-corrected chi connectivity index (χ0v) is 8.63. The molecule has 0 fully saturated rings. The topological polar surface area (TPSA) is 39.2 Å². The molecule has 0 aliphatic rings. The summed E-state index contributed by atoms with van der Waals surface area (Å²) in [6.07, 6.45) is 1.73. The number of ether oxygens (including phenoxy) is 1. The molecule has 13 heavy (non-hydrogen) atoms. The predicted octanol–water partition coefficient (Wildman–Crippen LogP) is 2.10. The van der Waals surface area contributed by atoms with E-state index in [1.54, 1.807) is 12.5 Å². The van der Waals surface area contributed by atoms with Crippen molar-refractivity contribution in [2.75, 3.05) is 13.7 Å². The second-order valence-corrected chi connectivity index (χ2v) is 3.80. The largest absolute Gasteiger partial charge is 0.385 e. The Bertz CT molecular complexity index is 272. The molecular weight excluding hydrogens is 186 g/mol. The zero-order valence-electron chi connectivity index (χ0n) is 7.82. The van der Waals surface area contributed by atoms with Gasteiger partial charge >= 0.3 is 0 Å². The standard InChI is InChI=1S/C9H13NO2S/c1-7(3-4-12-2)9-10-8(5-11)6-13-9/h5-7H,3-4H2,1-2H3. The van der Waals surface area contributed by atoms with Crippen LogP contribution in [0.15, 0.2) is 5.38 Å². The number of hydrogen-bond donors (Lipinski definition) is 0. The van der Waals surface area contributed by atoms with Crippen LogP contribution in [0.2, 0.25) is 0 Å².